The number of nitrogens with zero attached hydrogens (tertiary/aromatic N) is 1. The molecule has 0 fully saturated rings. The Hall–Kier alpha value is -0.120. The number of likely N-dealkylation sites (N-methyl/N-ethyl adjacent to an activating group) is 1. The van der Waals surface area contributed by atoms with Crippen molar-refractivity contribution < 1.29 is 4.74 Å². The van der Waals surface area contributed by atoms with E-state index in [1.165, 1.54) is 25.7 Å². The number of hydrogen-bond acceptors (Lipinski definition) is 3. The number of unbranched alkanes of at least 4 members (excludes halogenated alkanes) is 2. The van der Waals surface area contributed by atoms with E-state index in [-0.39, 0.29) is 0 Å². The molecule has 1 N–H and O–H groups in total. The summed E-state index contributed by atoms with van der Waals surface area (Å²) in [5, 5.41) is 3.59. The van der Waals surface area contributed by atoms with Crippen molar-refractivity contribution in [1.29, 1.82) is 0 Å². The number of ether oxygens (including phenoxy) is 1. The third-order valence-electron chi connectivity index (χ3n) is 3.15. The van der Waals surface area contributed by atoms with Gasteiger partial charge in [0.2, 0.25) is 0 Å². The predicted octanol–water partition coefficient (Wildman–Crippen LogP) is 2.90. The van der Waals surface area contributed by atoms with E-state index in [0.29, 0.717) is 12.1 Å². The lowest BCUT2D eigenvalue weighted by Gasteiger charge is -2.20. The molecular weight excluding hydrogens is 224 g/mol. The van der Waals surface area contributed by atoms with Gasteiger partial charge in [-0.15, -0.1) is 0 Å². The largest absolute Gasteiger partial charge is 0.377 e. The highest BCUT2D eigenvalue weighted by Crippen LogP contribution is 2.02. The van der Waals surface area contributed by atoms with Crippen LogP contribution in [0.15, 0.2) is 0 Å². The molecule has 0 aromatic heterocycles. The molecule has 0 amide bonds. The van der Waals surface area contributed by atoms with Crippen LogP contribution < -0.4 is 5.32 Å². The number of nitrogens with one attached hydrogen (secondary N) is 1. The lowest BCUT2D eigenvalue weighted by Crippen LogP contribution is -2.35. The lowest BCUT2D eigenvalue weighted by atomic mass is 10.1. The van der Waals surface area contributed by atoms with E-state index >= 15 is 0 Å². The highest BCUT2D eigenvalue weighted by Gasteiger charge is 2.02. The molecule has 1 atom stereocenters. The van der Waals surface area contributed by atoms with Crippen LogP contribution in [0.25, 0.3) is 0 Å². The van der Waals surface area contributed by atoms with Gasteiger partial charge in [-0.3, -0.25) is 0 Å². The van der Waals surface area contributed by atoms with Crippen LogP contribution in [0, 0.1) is 0 Å². The molecule has 0 bridgehead atoms. The van der Waals surface area contributed by atoms with Gasteiger partial charge in [0.1, 0.15) is 0 Å². The lowest BCUT2D eigenvalue weighted by molar-refractivity contribution is 0.0639. The fourth-order valence-corrected chi connectivity index (χ4v) is 1.86. The molecule has 0 rings (SSSR count). The van der Waals surface area contributed by atoms with E-state index in [1.54, 1.807) is 0 Å². The maximum Gasteiger partial charge on any atom is 0.0596 e. The third-order valence-corrected chi connectivity index (χ3v) is 3.15. The molecule has 3 nitrogen and oxygen atoms in total. The normalized spacial score (nSPS) is 13.5. The first-order valence-corrected chi connectivity index (χ1v) is 7.59. The van der Waals surface area contributed by atoms with E-state index in [4.69, 9.17) is 4.74 Å². The van der Waals surface area contributed by atoms with E-state index in [1.807, 2.05) is 0 Å². The first kappa shape index (κ1) is 17.9. The average Bonchev–Trinajstić information content (AvgIpc) is 2.29. The van der Waals surface area contributed by atoms with Crippen LogP contribution in [0.1, 0.15) is 53.4 Å². The van der Waals surface area contributed by atoms with Gasteiger partial charge < -0.3 is 15.0 Å². The molecular formula is C15H34N2O. The van der Waals surface area contributed by atoms with Crippen molar-refractivity contribution in [2.75, 3.05) is 33.3 Å². The van der Waals surface area contributed by atoms with Crippen LogP contribution in [0.5, 0.6) is 0 Å². The van der Waals surface area contributed by atoms with Crippen molar-refractivity contribution in [2.45, 2.75) is 65.5 Å². The average molecular weight is 258 g/mol. The molecule has 0 aromatic carbocycles. The molecule has 0 saturated carbocycles. The number of rotatable bonds is 12. The zero-order valence-electron chi connectivity index (χ0n) is 13.2. The minimum absolute atomic E-state index is 0.343. The summed E-state index contributed by atoms with van der Waals surface area (Å²) in [5.41, 5.74) is 0. The van der Waals surface area contributed by atoms with Gasteiger partial charge in [-0.1, -0.05) is 26.2 Å². The van der Waals surface area contributed by atoms with Crippen molar-refractivity contribution in [3.8, 4) is 0 Å². The molecule has 0 heterocycles. The monoisotopic (exact) mass is 258 g/mol. The Morgan fingerprint density at radius 1 is 1.11 bits per heavy atom. The Balaban J connectivity index is 3.35. The summed E-state index contributed by atoms with van der Waals surface area (Å²) in [6.07, 6.45) is 5.66. The van der Waals surface area contributed by atoms with Gasteiger partial charge in [-0.05, 0) is 34.2 Å². The quantitative estimate of drug-likeness (QED) is 0.545. The van der Waals surface area contributed by atoms with Crippen molar-refractivity contribution in [3.63, 3.8) is 0 Å². The van der Waals surface area contributed by atoms with Crippen LogP contribution in [0.2, 0.25) is 0 Å². The SMILES string of the molecule is CCCCCC(C)NCCN(C)CCOC(C)C. The zero-order valence-corrected chi connectivity index (χ0v) is 13.2. The molecule has 0 aliphatic rings. The maximum atomic E-state index is 5.54. The van der Waals surface area contributed by atoms with Gasteiger partial charge in [0.05, 0.1) is 12.7 Å². The van der Waals surface area contributed by atoms with Crippen molar-refractivity contribution in [3.05, 3.63) is 0 Å². The Labute approximate surface area is 114 Å². The Morgan fingerprint density at radius 2 is 1.83 bits per heavy atom. The molecule has 3 heteroatoms. The van der Waals surface area contributed by atoms with Gasteiger partial charge in [-0.25, -0.2) is 0 Å². The second-order valence-electron chi connectivity index (χ2n) is 5.57. The van der Waals surface area contributed by atoms with Crippen LogP contribution in [0.4, 0.5) is 0 Å². The molecule has 18 heavy (non-hydrogen) atoms. The van der Waals surface area contributed by atoms with Crippen LogP contribution >= 0.6 is 0 Å². The van der Waals surface area contributed by atoms with Crippen molar-refractivity contribution >= 4 is 0 Å². The highest BCUT2D eigenvalue weighted by atomic mass is 16.5. The van der Waals surface area contributed by atoms with Gasteiger partial charge in [-0.2, -0.15) is 0 Å². The second-order valence-corrected chi connectivity index (χ2v) is 5.57. The van der Waals surface area contributed by atoms with Gasteiger partial charge in [0, 0.05) is 25.7 Å². The highest BCUT2D eigenvalue weighted by molar-refractivity contribution is 4.62. The maximum absolute atomic E-state index is 5.54. The Bertz CT molecular complexity index is 174. The fraction of sp³-hybridized carbons (Fsp3) is 1.00. The molecule has 1 unspecified atom stereocenters. The summed E-state index contributed by atoms with van der Waals surface area (Å²) < 4.78 is 5.54. The van der Waals surface area contributed by atoms with Gasteiger partial charge in [0.15, 0.2) is 0 Å². The smallest absolute Gasteiger partial charge is 0.0596 e. The molecule has 0 aliphatic heterocycles. The molecule has 0 saturated heterocycles. The molecule has 110 valence electrons. The van der Waals surface area contributed by atoms with Crippen molar-refractivity contribution in [2.24, 2.45) is 0 Å². The summed E-state index contributed by atoms with van der Waals surface area (Å²) in [5.74, 6) is 0. The third kappa shape index (κ3) is 12.3. The predicted molar refractivity (Wildman–Crippen MR) is 80.2 cm³/mol. The summed E-state index contributed by atoms with van der Waals surface area (Å²) in [6.45, 7) is 12.7. The van der Waals surface area contributed by atoms with E-state index in [2.05, 4.69) is 45.0 Å². The number of hydrogen-bond donors (Lipinski definition) is 1. The topological polar surface area (TPSA) is 24.5 Å². The summed E-state index contributed by atoms with van der Waals surface area (Å²) in [6, 6.07) is 0.650. The second kappa shape index (κ2) is 11.9. The standard InChI is InChI=1S/C15H34N2O/c1-6-7-8-9-15(4)16-10-11-17(5)12-13-18-14(2)3/h14-16H,6-13H2,1-5H3. The first-order chi connectivity index (χ1) is 8.56. The van der Waals surface area contributed by atoms with Crippen molar-refractivity contribution in [1.82, 2.24) is 10.2 Å². The van der Waals surface area contributed by atoms with Gasteiger partial charge >= 0.3 is 0 Å². The molecule has 0 aliphatic carbocycles. The van der Waals surface area contributed by atoms with Crippen LogP contribution in [-0.2, 0) is 4.74 Å². The van der Waals surface area contributed by atoms with E-state index in [9.17, 15) is 0 Å². The van der Waals surface area contributed by atoms with Gasteiger partial charge in [0.25, 0.3) is 0 Å². The van der Waals surface area contributed by atoms with Crippen LogP contribution in [-0.4, -0.2) is 50.3 Å². The first-order valence-electron chi connectivity index (χ1n) is 7.59. The minimum Gasteiger partial charge on any atom is -0.377 e. The zero-order chi connectivity index (χ0) is 13.8. The van der Waals surface area contributed by atoms with E-state index in [0.717, 1.165) is 26.2 Å². The molecule has 0 spiro atoms. The minimum atomic E-state index is 0.343. The van der Waals surface area contributed by atoms with E-state index < -0.39 is 0 Å². The molecule has 0 radical (unpaired) electrons. The summed E-state index contributed by atoms with van der Waals surface area (Å²) >= 11 is 0. The fourth-order valence-electron chi connectivity index (χ4n) is 1.86. The molecule has 0 aromatic rings. The Kier molecular flexibility index (Phi) is 11.9. The summed E-state index contributed by atoms with van der Waals surface area (Å²) in [7, 11) is 2.16. The van der Waals surface area contributed by atoms with Crippen LogP contribution in [0.3, 0.4) is 0 Å². The Morgan fingerprint density at radius 3 is 2.44 bits per heavy atom. The summed E-state index contributed by atoms with van der Waals surface area (Å²) in [4.78, 5) is 2.33.